The number of rotatable bonds is 11. The Kier molecular flexibility index (Phi) is 12.5. The van der Waals surface area contributed by atoms with E-state index in [1.165, 1.54) is 25.8 Å². The van der Waals surface area contributed by atoms with Gasteiger partial charge in [-0.3, -0.25) is 0 Å². The summed E-state index contributed by atoms with van der Waals surface area (Å²) in [5.74, 6) is 0.807. The van der Waals surface area contributed by atoms with Gasteiger partial charge in [-0.15, -0.1) is 11.6 Å². The van der Waals surface area contributed by atoms with Crippen molar-refractivity contribution in [1.29, 1.82) is 0 Å². The van der Waals surface area contributed by atoms with E-state index in [0.717, 1.165) is 38.6 Å². The number of hydrogen-bond acceptors (Lipinski definition) is 2. The summed E-state index contributed by atoms with van der Waals surface area (Å²) in [6, 6.07) is 0. The van der Waals surface area contributed by atoms with E-state index in [4.69, 9.17) is 16.3 Å². The molecule has 92 valence electrons. The number of halogens is 1. The van der Waals surface area contributed by atoms with Gasteiger partial charge in [0.25, 0.3) is 0 Å². The van der Waals surface area contributed by atoms with Gasteiger partial charge in [-0.2, -0.15) is 0 Å². The molecule has 3 heteroatoms. The second-order valence-corrected chi connectivity index (χ2v) is 4.11. The predicted octanol–water partition coefficient (Wildman–Crippen LogP) is 3.14. The largest absolute Gasteiger partial charge is 0.380 e. The highest BCUT2D eigenvalue weighted by atomic mass is 35.5. The molecule has 0 saturated carbocycles. The summed E-state index contributed by atoms with van der Waals surface area (Å²) in [5, 5.41) is 0. The molecule has 0 aliphatic rings. The molecule has 0 rings (SSSR count). The molecule has 0 aromatic heterocycles. The molecule has 0 saturated heterocycles. The first-order chi connectivity index (χ1) is 7.35. The van der Waals surface area contributed by atoms with E-state index in [1.54, 1.807) is 0 Å². The lowest BCUT2D eigenvalue weighted by Gasteiger charge is -2.19. The van der Waals surface area contributed by atoms with E-state index in [0.29, 0.717) is 0 Å². The fourth-order valence-corrected chi connectivity index (χ4v) is 1.74. The summed E-state index contributed by atoms with van der Waals surface area (Å²) in [5.41, 5.74) is 0. The van der Waals surface area contributed by atoms with E-state index in [1.807, 2.05) is 6.92 Å². The topological polar surface area (TPSA) is 12.5 Å². The molecule has 0 aliphatic carbocycles. The van der Waals surface area contributed by atoms with Crippen molar-refractivity contribution in [1.82, 2.24) is 4.90 Å². The first-order valence-electron chi connectivity index (χ1n) is 6.21. The normalized spacial score (nSPS) is 11.2. The first kappa shape index (κ1) is 15.2. The Morgan fingerprint density at radius 2 is 1.73 bits per heavy atom. The molecule has 0 fully saturated rings. The van der Waals surface area contributed by atoms with Gasteiger partial charge in [-0.25, -0.2) is 0 Å². The van der Waals surface area contributed by atoms with Gasteiger partial charge in [0, 0.05) is 19.0 Å². The minimum absolute atomic E-state index is 0.807. The zero-order valence-corrected chi connectivity index (χ0v) is 11.1. The van der Waals surface area contributed by atoms with Crippen molar-refractivity contribution in [3.8, 4) is 0 Å². The van der Waals surface area contributed by atoms with Gasteiger partial charge in [-0.1, -0.05) is 19.8 Å². The van der Waals surface area contributed by atoms with Crippen LogP contribution in [0, 0.1) is 0 Å². The monoisotopic (exact) mass is 235 g/mol. The minimum atomic E-state index is 0.807. The summed E-state index contributed by atoms with van der Waals surface area (Å²) >= 11 is 5.63. The van der Waals surface area contributed by atoms with E-state index < -0.39 is 0 Å². The Hall–Kier alpha value is 0.210. The fraction of sp³-hybridized carbons (Fsp3) is 1.00. The molecule has 0 aliphatic heterocycles. The van der Waals surface area contributed by atoms with Gasteiger partial charge >= 0.3 is 0 Å². The molecular weight excluding hydrogens is 210 g/mol. The Morgan fingerprint density at radius 3 is 2.33 bits per heavy atom. The Bertz CT molecular complexity index is 122. The van der Waals surface area contributed by atoms with E-state index in [2.05, 4.69) is 11.8 Å². The number of nitrogens with zero attached hydrogens (tertiary/aromatic N) is 1. The van der Waals surface area contributed by atoms with Crippen molar-refractivity contribution < 1.29 is 4.74 Å². The van der Waals surface area contributed by atoms with Crippen LogP contribution in [0.4, 0.5) is 0 Å². The van der Waals surface area contributed by atoms with Crippen molar-refractivity contribution in [3.63, 3.8) is 0 Å². The molecule has 0 heterocycles. The van der Waals surface area contributed by atoms with E-state index >= 15 is 0 Å². The molecule has 0 N–H and O–H groups in total. The second kappa shape index (κ2) is 12.3. The van der Waals surface area contributed by atoms with Crippen LogP contribution >= 0.6 is 11.6 Å². The van der Waals surface area contributed by atoms with Gasteiger partial charge in [0.1, 0.15) is 0 Å². The number of likely N-dealkylation sites (N-methyl/N-ethyl adjacent to an activating group) is 1. The van der Waals surface area contributed by atoms with Crippen LogP contribution in [0.1, 0.15) is 39.5 Å². The lowest BCUT2D eigenvalue weighted by atomic mass is 10.2. The molecule has 0 atom stereocenters. The average Bonchev–Trinajstić information content (AvgIpc) is 2.26. The van der Waals surface area contributed by atoms with Crippen molar-refractivity contribution in [2.24, 2.45) is 0 Å². The molecule has 2 nitrogen and oxygen atoms in total. The smallest absolute Gasteiger partial charge is 0.0593 e. The van der Waals surface area contributed by atoms with Gasteiger partial charge in [-0.05, 0) is 32.9 Å². The minimum Gasteiger partial charge on any atom is -0.380 e. The summed E-state index contributed by atoms with van der Waals surface area (Å²) in [7, 11) is 0. The maximum Gasteiger partial charge on any atom is 0.0593 e. The Labute approximate surface area is 99.9 Å². The van der Waals surface area contributed by atoms with Crippen LogP contribution in [0.5, 0.6) is 0 Å². The summed E-state index contributed by atoms with van der Waals surface area (Å²) in [4.78, 5) is 2.45. The zero-order chi connectivity index (χ0) is 11.4. The molecule has 0 amide bonds. The third kappa shape index (κ3) is 10.5. The number of unbranched alkanes of at least 4 members (excludes halogenated alkanes) is 3. The van der Waals surface area contributed by atoms with Crippen molar-refractivity contribution >= 4 is 11.6 Å². The standard InChI is InChI=1S/C12H26ClNO/c1-3-14(11-12-15-4-2)10-8-6-5-7-9-13/h3-12H2,1-2H3. The molecular formula is C12H26ClNO. The average molecular weight is 236 g/mol. The lowest BCUT2D eigenvalue weighted by Crippen LogP contribution is -2.28. The lowest BCUT2D eigenvalue weighted by molar-refractivity contribution is 0.114. The number of alkyl halides is 1. The fourth-order valence-electron chi connectivity index (χ4n) is 1.55. The Balaban J connectivity index is 3.28. The zero-order valence-electron chi connectivity index (χ0n) is 10.3. The number of hydrogen-bond donors (Lipinski definition) is 0. The van der Waals surface area contributed by atoms with Crippen molar-refractivity contribution in [2.45, 2.75) is 39.5 Å². The second-order valence-electron chi connectivity index (χ2n) is 3.73. The van der Waals surface area contributed by atoms with Crippen LogP contribution in [0.25, 0.3) is 0 Å². The molecule has 15 heavy (non-hydrogen) atoms. The summed E-state index contributed by atoms with van der Waals surface area (Å²) < 4.78 is 5.35. The van der Waals surface area contributed by atoms with Crippen LogP contribution in [0.2, 0.25) is 0 Å². The first-order valence-corrected chi connectivity index (χ1v) is 6.74. The number of ether oxygens (including phenoxy) is 1. The molecule has 0 aromatic rings. The SMILES string of the molecule is CCOCCN(CC)CCCCCCCl. The highest BCUT2D eigenvalue weighted by molar-refractivity contribution is 6.17. The summed E-state index contributed by atoms with van der Waals surface area (Å²) in [6.07, 6.45) is 5.02. The molecule has 0 unspecified atom stereocenters. The maximum atomic E-state index is 5.63. The van der Waals surface area contributed by atoms with Gasteiger partial charge < -0.3 is 9.64 Å². The van der Waals surface area contributed by atoms with Crippen LogP contribution in [-0.4, -0.2) is 43.6 Å². The molecule has 0 spiro atoms. The van der Waals surface area contributed by atoms with Gasteiger partial charge in [0.05, 0.1) is 6.61 Å². The van der Waals surface area contributed by atoms with E-state index in [-0.39, 0.29) is 0 Å². The molecule has 0 radical (unpaired) electrons. The summed E-state index contributed by atoms with van der Waals surface area (Å²) in [6.45, 7) is 9.35. The molecule has 0 aromatic carbocycles. The van der Waals surface area contributed by atoms with Gasteiger partial charge in [0.2, 0.25) is 0 Å². The van der Waals surface area contributed by atoms with Crippen LogP contribution in [0.15, 0.2) is 0 Å². The van der Waals surface area contributed by atoms with Crippen LogP contribution < -0.4 is 0 Å². The predicted molar refractivity (Wildman–Crippen MR) is 67.8 cm³/mol. The van der Waals surface area contributed by atoms with Crippen LogP contribution in [-0.2, 0) is 4.74 Å². The van der Waals surface area contributed by atoms with Crippen molar-refractivity contribution in [2.75, 3.05) is 38.7 Å². The molecule has 0 bridgehead atoms. The third-order valence-corrected chi connectivity index (χ3v) is 2.83. The third-order valence-electron chi connectivity index (χ3n) is 2.56. The quantitative estimate of drug-likeness (QED) is 0.403. The van der Waals surface area contributed by atoms with Crippen LogP contribution in [0.3, 0.4) is 0 Å². The highest BCUT2D eigenvalue weighted by Crippen LogP contribution is 2.02. The van der Waals surface area contributed by atoms with E-state index in [9.17, 15) is 0 Å². The highest BCUT2D eigenvalue weighted by Gasteiger charge is 2.01. The van der Waals surface area contributed by atoms with Gasteiger partial charge in [0.15, 0.2) is 0 Å². The maximum absolute atomic E-state index is 5.63. The Morgan fingerprint density at radius 1 is 1.00 bits per heavy atom. The van der Waals surface area contributed by atoms with Crippen molar-refractivity contribution in [3.05, 3.63) is 0 Å².